The minimum absolute atomic E-state index is 0.956. The molecule has 1 aliphatic rings. The molecule has 0 atom stereocenters. The van der Waals surface area contributed by atoms with E-state index < -0.39 is 6.09 Å². The van der Waals surface area contributed by atoms with E-state index in [1.54, 1.807) is 0 Å². The molecule has 0 heterocycles. The van der Waals surface area contributed by atoms with Gasteiger partial charge in [-0.2, -0.15) is 5.10 Å². The molecule has 80 valence electrons. The molecule has 4 nitrogen and oxygen atoms in total. The molecule has 1 amide bonds. The Kier molecular flexibility index (Phi) is 4.43. The molecule has 0 saturated heterocycles. The first kappa shape index (κ1) is 11.0. The zero-order valence-corrected chi connectivity index (χ0v) is 8.70. The van der Waals surface area contributed by atoms with Crippen LogP contribution in [0.3, 0.4) is 0 Å². The normalized spacial score (nSPS) is 18.2. The van der Waals surface area contributed by atoms with Crippen molar-refractivity contribution in [1.82, 2.24) is 5.01 Å². The Hall–Kier alpha value is -1.06. The summed E-state index contributed by atoms with van der Waals surface area (Å²) in [6, 6.07) is 0. The number of carboxylic acid groups (broad SMARTS) is 1. The molecule has 0 aromatic carbocycles. The molecule has 1 aliphatic carbocycles. The number of hydrogen-bond donors (Lipinski definition) is 1. The molecular weight excluding hydrogens is 180 g/mol. The quantitative estimate of drug-likeness (QED) is 0.658. The summed E-state index contributed by atoms with van der Waals surface area (Å²) in [6.07, 6.45) is 7.01. The van der Waals surface area contributed by atoms with Crippen molar-refractivity contribution < 1.29 is 9.90 Å². The van der Waals surface area contributed by atoms with Crippen LogP contribution in [0.4, 0.5) is 4.79 Å². The van der Waals surface area contributed by atoms with Crippen LogP contribution < -0.4 is 0 Å². The number of carbonyl (C=O) groups is 1. The predicted octanol–water partition coefficient (Wildman–Crippen LogP) is 2.70. The Bertz CT molecular complexity index is 216. The Morgan fingerprint density at radius 3 is 2.21 bits per heavy atom. The maximum absolute atomic E-state index is 10.5. The van der Waals surface area contributed by atoms with E-state index in [2.05, 4.69) is 5.10 Å². The highest BCUT2D eigenvalue weighted by atomic mass is 16.4. The summed E-state index contributed by atoms with van der Waals surface area (Å²) in [5.74, 6) is 0. The molecule has 0 unspecified atom stereocenters. The number of hydrazone groups is 1. The average molecular weight is 198 g/mol. The Balaban J connectivity index is 2.50. The lowest BCUT2D eigenvalue weighted by atomic mass is 9.99. The van der Waals surface area contributed by atoms with Gasteiger partial charge in [0.05, 0.1) is 0 Å². The lowest BCUT2D eigenvalue weighted by molar-refractivity contribution is 0.157. The van der Waals surface area contributed by atoms with Gasteiger partial charge in [-0.1, -0.05) is 19.3 Å². The van der Waals surface area contributed by atoms with E-state index in [0.717, 1.165) is 36.4 Å². The first-order valence-electron chi connectivity index (χ1n) is 5.23. The van der Waals surface area contributed by atoms with Crippen LogP contribution in [0, 0.1) is 0 Å². The molecule has 1 saturated carbocycles. The van der Waals surface area contributed by atoms with Crippen molar-refractivity contribution in [3.8, 4) is 0 Å². The lowest BCUT2D eigenvalue weighted by Crippen LogP contribution is -2.21. The topological polar surface area (TPSA) is 52.9 Å². The van der Waals surface area contributed by atoms with E-state index >= 15 is 0 Å². The van der Waals surface area contributed by atoms with Crippen molar-refractivity contribution in [2.45, 2.75) is 44.9 Å². The van der Waals surface area contributed by atoms with Gasteiger partial charge in [-0.15, -0.1) is 0 Å². The van der Waals surface area contributed by atoms with E-state index in [1.165, 1.54) is 26.3 Å². The van der Waals surface area contributed by atoms with E-state index in [4.69, 9.17) is 5.11 Å². The largest absolute Gasteiger partial charge is 0.464 e. The van der Waals surface area contributed by atoms with Crippen molar-refractivity contribution in [2.75, 3.05) is 7.05 Å². The van der Waals surface area contributed by atoms with E-state index in [0.29, 0.717) is 0 Å². The molecule has 0 radical (unpaired) electrons. The maximum atomic E-state index is 10.5. The van der Waals surface area contributed by atoms with Gasteiger partial charge in [-0.3, -0.25) is 0 Å². The zero-order valence-electron chi connectivity index (χ0n) is 8.70. The van der Waals surface area contributed by atoms with Gasteiger partial charge in [0.1, 0.15) is 0 Å². The molecule has 0 aromatic rings. The minimum atomic E-state index is -0.987. The summed E-state index contributed by atoms with van der Waals surface area (Å²) >= 11 is 0. The Morgan fingerprint density at radius 2 is 1.71 bits per heavy atom. The molecule has 0 spiro atoms. The van der Waals surface area contributed by atoms with Crippen molar-refractivity contribution in [2.24, 2.45) is 5.10 Å². The monoisotopic (exact) mass is 198 g/mol. The van der Waals surface area contributed by atoms with Crippen LogP contribution in [0.2, 0.25) is 0 Å². The fourth-order valence-electron chi connectivity index (χ4n) is 1.67. The van der Waals surface area contributed by atoms with Gasteiger partial charge >= 0.3 is 6.09 Å². The van der Waals surface area contributed by atoms with Crippen molar-refractivity contribution >= 4 is 11.8 Å². The fourth-order valence-corrected chi connectivity index (χ4v) is 1.67. The molecule has 0 aliphatic heterocycles. The summed E-state index contributed by atoms with van der Waals surface area (Å²) in [7, 11) is 1.48. The first-order valence-corrected chi connectivity index (χ1v) is 5.23. The van der Waals surface area contributed by atoms with Crippen LogP contribution in [-0.4, -0.2) is 29.0 Å². The van der Waals surface area contributed by atoms with Crippen molar-refractivity contribution in [1.29, 1.82) is 0 Å². The number of amides is 1. The molecule has 1 rings (SSSR count). The Labute approximate surface area is 84.6 Å². The molecule has 0 aromatic heterocycles. The second kappa shape index (κ2) is 5.62. The maximum Gasteiger partial charge on any atom is 0.427 e. The van der Waals surface area contributed by atoms with Gasteiger partial charge in [-0.25, -0.2) is 9.80 Å². The van der Waals surface area contributed by atoms with Crippen molar-refractivity contribution in [3.63, 3.8) is 0 Å². The van der Waals surface area contributed by atoms with E-state index in [1.807, 2.05) is 0 Å². The van der Waals surface area contributed by atoms with Gasteiger partial charge < -0.3 is 5.11 Å². The minimum Gasteiger partial charge on any atom is -0.464 e. The summed E-state index contributed by atoms with van der Waals surface area (Å²) in [6.45, 7) is 0. The SMILES string of the molecule is CN(N=C1CCCCCCC1)C(=O)O. The average Bonchev–Trinajstić information content (AvgIpc) is 2.08. The standard InChI is InChI=1S/C10H18N2O2/c1-12(10(13)14)11-9-7-5-3-2-4-6-8-9/h2-8H2,1H3,(H,13,14). The number of nitrogens with zero attached hydrogens (tertiary/aromatic N) is 2. The highest BCUT2D eigenvalue weighted by Crippen LogP contribution is 2.15. The lowest BCUT2D eigenvalue weighted by Gasteiger charge is -2.13. The summed E-state index contributed by atoms with van der Waals surface area (Å²) in [5, 5.41) is 13.8. The van der Waals surface area contributed by atoms with Crippen LogP contribution in [0.15, 0.2) is 5.10 Å². The van der Waals surface area contributed by atoms with E-state index in [-0.39, 0.29) is 0 Å². The summed E-state index contributed by atoms with van der Waals surface area (Å²) < 4.78 is 0. The van der Waals surface area contributed by atoms with Crippen LogP contribution >= 0.6 is 0 Å². The summed E-state index contributed by atoms with van der Waals surface area (Å²) in [5.41, 5.74) is 1.04. The summed E-state index contributed by atoms with van der Waals surface area (Å²) in [4.78, 5) is 10.5. The van der Waals surface area contributed by atoms with Crippen molar-refractivity contribution in [3.05, 3.63) is 0 Å². The third-order valence-electron chi connectivity index (χ3n) is 2.50. The van der Waals surface area contributed by atoms with Crippen LogP contribution in [0.25, 0.3) is 0 Å². The number of hydrogen-bond acceptors (Lipinski definition) is 2. The molecule has 14 heavy (non-hydrogen) atoms. The molecule has 4 heteroatoms. The zero-order chi connectivity index (χ0) is 10.4. The molecule has 1 fully saturated rings. The fraction of sp³-hybridized carbons (Fsp3) is 0.800. The van der Waals surface area contributed by atoms with Crippen LogP contribution in [-0.2, 0) is 0 Å². The van der Waals surface area contributed by atoms with Gasteiger partial charge in [0.2, 0.25) is 0 Å². The third-order valence-corrected chi connectivity index (χ3v) is 2.50. The second-order valence-corrected chi connectivity index (χ2v) is 3.74. The van der Waals surface area contributed by atoms with Crippen LogP contribution in [0.1, 0.15) is 44.9 Å². The first-order chi connectivity index (χ1) is 6.70. The van der Waals surface area contributed by atoms with Gasteiger partial charge in [0, 0.05) is 12.8 Å². The third kappa shape index (κ3) is 3.77. The second-order valence-electron chi connectivity index (χ2n) is 3.74. The highest BCUT2D eigenvalue weighted by molar-refractivity contribution is 5.85. The smallest absolute Gasteiger partial charge is 0.427 e. The van der Waals surface area contributed by atoms with Gasteiger partial charge in [-0.05, 0) is 25.7 Å². The molecule has 1 N–H and O–H groups in total. The molecule has 0 bridgehead atoms. The predicted molar refractivity (Wildman–Crippen MR) is 55.5 cm³/mol. The number of rotatable bonds is 1. The molecular formula is C10H18N2O2. The highest BCUT2D eigenvalue weighted by Gasteiger charge is 2.08. The Morgan fingerprint density at radius 1 is 1.21 bits per heavy atom. The van der Waals surface area contributed by atoms with Gasteiger partial charge in [0.25, 0.3) is 0 Å². The van der Waals surface area contributed by atoms with E-state index in [9.17, 15) is 4.79 Å². The van der Waals surface area contributed by atoms with Crippen LogP contribution in [0.5, 0.6) is 0 Å². The van der Waals surface area contributed by atoms with Gasteiger partial charge in [0.15, 0.2) is 0 Å².